The summed E-state index contributed by atoms with van der Waals surface area (Å²) in [7, 11) is -3.76. The molecule has 0 aliphatic rings. The van der Waals surface area contributed by atoms with Gasteiger partial charge in [0.05, 0.1) is 16.7 Å². The molecular formula is C13H18BrCl2NO3S. The van der Waals surface area contributed by atoms with E-state index in [1.54, 1.807) is 0 Å². The van der Waals surface area contributed by atoms with Crippen LogP contribution in [0.1, 0.15) is 20.3 Å². The zero-order valence-electron chi connectivity index (χ0n) is 11.8. The number of sulfonamides is 1. The molecule has 0 bridgehead atoms. The molecule has 8 heteroatoms. The van der Waals surface area contributed by atoms with Gasteiger partial charge in [0.2, 0.25) is 10.0 Å². The molecule has 1 aromatic rings. The van der Waals surface area contributed by atoms with E-state index in [0.717, 1.165) is 6.42 Å². The maximum absolute atomic E-state index is 12.2. The van der Waals surface area contributed by atoms with Crippen molar-refractivity contribution in [3.8, 4) is 0 Å². The molecule has 0 aliphatic heterocycles. The van der Waals surface area contributed by atoms with Gasteiger partial charge in [-0.05, 0) is 24.5 Å². The SMILES string of the molecule is CC(C)CCOCCNS(=O)(=O)c1c(Cl)cc(Br)cc1Cl. The van der Waals surface area contributed by atoms with Gasteiger partial charge in [-0.15, -0.1) is 0 Å². The van der Waals surface area contributed by atoms with Crippen LogP contribution in [-0.4, -0.2) is 28.2 Å². The van der Waals surface area contributed by atoms with Gasteiger partial charge in [0.15, 0.2) is 0 Å². The number of hydrogen-bond acceptors (Lipinski definition) is 3. The van der Waals surface area contributed by atoms with Gasteiger partial charge >= 0.3 is 0 Å². The first-order valence-corrected chi connectivity index (χ1v) is 9.49. The summed E-state index contributed by atoms with van der Waals surface area (Å²) in [5, 5.41) is 0.144. The summed E-state index contributed by atoms with van der Waals surface area (Å²) in [5.41, 5.74) is 0. The molecule has 120 valence electrons. The highest BCUT2D eigenvalue weighted by Gasteiger charge is 2.21. The smallest absolute Gasteiger partial charge is 0.243 e. The van der Waals surface area contributed by atoms with Crippen LogP contribution in [0.25, 0.3) is 0 Å². The maximum Gasteiger partial charge on any atom is 0.243 e. The molecule has 0 aliphatic carbocycles. The highest BCUT2D eigenvalue weighted by Crippen LogP contribution is 2.32. The third-order valence-electron chi connectivity index (χ3n) is 2.61. The van der Waals surface area contributed by atoms with Crippen molar-refractivity contribution in [3.63, 3.8) is 0 Å². The Morgan fingerprint density at radius 3 is 2.33 bits per heavy atom. The summed E-state index contributed by atoms with van der Waals surface area (Å²) in [5.74, 6) is 0.557. The number of hydrogen-bond donors (Lipinski definition) is 1. The molecule has 1 N–H and O–H groups in total. The molecule has 0 saturated carbocycles. The Kier molecular flexibility index (Phi) is 7.95. The Labute approximate surface area is 144 Å². The third-order valence-corrected chi connectivity index (χ3v) is 5.45. The van der Waals surface area contributed by atoms with Gasteiger partial charge in [0.25, 0.3) is 0 Å². The molecule has 0 atom stereocenters. The number of ether oxygens (including phenoxy) is 1. The lowest BCUT2D eigenvalue weighted by molar-refractivity contribution is 0.128. The van der Waals surface area contributed by atoms with Crippen molar-refractivity contribution in [1.82, 2.24) is 4.72 Å². The fourth-order valence-corrected chi connectivity index (χ4v) is 4.47. The van der Waals surface area contributed by atoms with E-state index in [-0.39, 0.29) is 21.5 Å². The standard InChI is InChI=1S/C13H18BrCl2NO3S/c1-9(2)3-5-20-6-4-17-21(18,19)13-11(15)7-10(14)8-12(13)16/h7-9,17H,3-6H2,1-2H3. The molecule has 21 heavy (non-hydrogen) atoms. The lowest BCUT2D eigenvalue weighted by Crippen LogP contribution is -2.28. The minimum Gasteiger partial charge on any atom is -0.380 e. The Morgan fingerprint density at radius 2 is 1.81 bits per heavy atom. The quantitative estimate of drug-likeness (QED) is 0.646. The van der Waals surface area contributed by atoms with Crippen LogP contribution in [0.15, 0.2) is 21.5 Å². The number of nitrogens with one attached hydrogen (secondary N) is 1. The van der Waals surface area contributed by atoms with Crippen LogP contribution in [0, 0.1) is 5.92 Å². The van der Waals surface area contributed by atoms with Crippen LogP contribution >= 0.6 is 39.1 Å². The van der Waals surface area contributed by atoms with Gasteiger partial charge in [0.1, 0.15) is 4.90 Å². The average Bonchev–Trinajstić information content (AvgIpc) is 2.31. The maximum atomic E-state index is 12.2. The summed E-state index contributed by atoms with van der Waals surface area (Å²) in [6.07, 6.45) is 0.942. The minimum atomic E-state index is -3.76. The second-order valence-electron chi connectivity index (χ2n) is 4.89. The fraction of sp³-hybridized carbons (Fsp3) is 0.538. The van der Waals surface area contributed by atoms with Crippen molar-refractivity contribution in [2.45, 2.75) is 25.2 Å². The topological polar surface area (TPSA) is 55.4 Å². The monoisotopic (exact) mass is 417 g/mol. The first kappa shape index (κ1) is 19.2. The van der Waals surface area contributed by atoms with Crippen LogP contribution in [0.3, 0.4) is 0 Å². The minimum absolute atomic E-state index is 0.0719. The molecule has 0 radical (unpaired) electrons. The first-order valence-electron chi connectivity index (χ1n) is 6.46. The van der Waals surface area contributed by atoms with Crippen molar-refractivity contribution in [3.05, 3.63) is 26.7 Å². The molecule has 0 amide bonds. The van der Waals surface area contributed by atoms with Crippen LogP contribution in [-0.2, 0) is 14.8 Å². The van der Waals surface area contributed by atoms with Crippen molar-refractivity contribution in [2.24, 2.45) is 5.92 Å². The van der Waals surface area contributed by atoms with Crippen molar-refractivity contribution < 1.29 is 13.2 Å². The normalized spacial score (nSPS) is 12.1. The van der Waals surface area contributed by atoms with E-state index in [1.807, 2.05) is 0 Å². The Hall–Kier alpha value is 0.150. The molecule has 0 saturated heterocycles. The Morgan fingerprint density at radius 1 is 1.24 bits per heavy atom. The summed E-state index contributed by atoms with van der Waals surface area (Å²) in [6.45, 7) is 5.28. The first-order chi connectivity index (χ1) is 9.74. The summed E-state index contributed by atoms with van der Waals surface area (Å²) < 4.78 is 32.8. The highest BCUT2D eigenvalue weighted by atomic mass is 79.9. The molecule has 1 aromatic carbocycles. The largest absolute Gasteiger partial charge is 0.380 e. The molecule has 0 aromatic heterocycles. The lowest BCUT2D eigenvalue weighted by Gasteiger charge is -2.11. The molecule has 0 unspecified atom stereocenters. The molecule has 0 fully saturated rings. The second-order valence-corrected chi connectivity index (χ2v) is 8.33. The third kappa shape index (κ3) is 6.42. The van der Waals surface area contributed by atoms with Gasteiger partial charge in [-0.3, -0.25) is 0 Å². The van der Waals surface area contributed by atoms with E-state index in [4.69, 9.17) is 27.9 Å². The van der Waals surface area contributed by atoms with Crippen LogP contribution in [0.5, 0.6) is 0 Å². The van der Waals surface area contributed by atoms with Crippen molar-refractivity contribution in [1.29, 1.82) is 0 Å². The van der Waals surface area contributed by atoms with E-state index >= 15 is 0 Å². The van der Waals surface area contributed by atoms with E-state index in [2.05, 4.69) is 34.5 Å². The molecule has 1 rings (SSSR count). The Balaban J connectivity index is 2.59. The number of rotatable bonds is 8. The van der Waals surface area contributed by atoms with Crippen molar-refractivity contribution in [2.75, 3.05) is 19.8 Å². The van der Waals surface area contributed by atoms with E-state index in [0.29, 0.717) is 23.6 Å². The summed E-state index contributed by atoms with van der Waals surface area (Å²) >= 11 is 15.1. The van der Waals surface area contributed by atoms with Gasteiger partial charge < -0.3 is 4.74 Å². The summed E-state index contributed by atoms with van der Waals surface area (Å²) in [4.78, 5) is -0.115. The average molecular weight is 419 g/mol. The van der Waals surface area contributed by atoms with Crippen LogP contribution < -0.4 is 4.72 Å². The summed E-state index contributed by atoms with van der Waals surface area (Å²) in [6, 6.07) is 2.97. The zero-order valence-corrected chi connectivity index (χ0v) is 15.7. The predicted molar refractivity (Wildman–Crippen MR) is 89.6 cm³/mol. The molecule has 0 spiro atoms. The van der Waals surface area contributed by atoms with Gasteiger partial charge in [-0.2, -0.15) is 0 Å². The van der Waals surface area contributed by atoms with Gasteiger partial charge in [-0.25, -0.2) is 13.1 Å². The van der Waals surface area contributed by atoms with E-state index < -0.39 is 10.0 Å². The Bertz CT molecular complexity index is 556. The molecule has 4 nitrogen and oxygen atoms in total. The predicted octanol–water partition coefficient (Wildman–Crippen LogP) is 4.10. The lowest BCUT2D eigenvalue weighted by atomic mass is 10.1. The van der Waals surface area contributed by atoms with Crippen molar-refractivity contribution >= 4 is 49.2 Å². The van der Waals surface area contributed by atoms with Gasteiger partial charge in [-0.1, -0.05) is 53.0 Å². The molecule has 0 heterocycles. The zero-order chi connectivity index (χ0) is 16.0. The number of halogens is 3. The van der Waals surface area contributed by atoms with Crippen LogP contribution in [0.2, 0.25) is 10.0 Å². The van der Waals surface area contributed by atoms with Gasteiger partial charge in [0, 0.05) is 17.6 Å². The van der Waals surface area contributed by atoms with E-state index in [9.17, 15) is 8.42 Å². The number of benzene rings is 1. The van der Waals surface area contributed by atoms with Crippen LogP contribution in [0.4, 0.5) is 0 Å². The fourth-order valence-electron chi connectivity index (χ4n) is 1.53. The second kappa shape index (κ2) is 8.70. The highest BCUT2D eigenvalue weighted by molar-refractivity contribution is 9.10. The van der Waals surface area contributed by atoms with E-state index in [1.165, 1.54) is 12.1 Å². The molecular weight excluding hydrogens is 401 g/mol.